The fraction of sp³-hybridized carbons (Fsp3) is 0. The normalized spacial score (nSPS) is 10.1. The molecule has 0 spiro atoms. The Morgan fingerprint density at radius 2 is 2.25 bits per heavy atom. The molecule has 3 heteroatoms. The monoisotopic (exact) mass is 195 g/mol. The van der Waals surface area contributed by atoms with Crippen molar-refractivity contribution in [3.8, 4) is 11.1 Å². The van der Waals surface area contributed by atoms with Crippen LogP contribution in [0.5, 0.6) is 0 Å². The molecule has 0 aliphatic heterocycles. The minimum atomic E-state index is 0.822. The van der Waals surface area contributed by atoms with Gasteiger partial charge in [0.25, 0.3) is 0 Å². The summed E-state index contributed by atoms with van der Waals surface area (Å²) in [5.41, 5.74) is 2.14. The van der Waals surface area contributed by atoms with Crippen LogP contribution in [-0.2, 0) is 0 Å². The summed E-state index contributed by atoms with van der Waals surface area (Å²) in [5, 5.41) is 1.98. The lowest BCUT2D eigenvalue weighted by atomic mass is 10.2. The average molecular weight is 196 g/mol. The predicted molar refractivity (Wildman–Crippen MR) is 52.6 cm³/mol. The molecule has 0 saturated carbocycles. The summed E-state index contributed by atoms with van der Waals surface area (Å²) in [6.45, 7) is 0. The van der Waals surface area contributed by atoms with Crippen LogP contribution in [0.3, 0.4) is 0 Å². The second kappa shape index (κ2) is 3.25. The van der Waals surface area contributed by atoms with Crippen LogP contribution in [-0.4, -0.2) is 4.98 Å². The Morgan fingerprint density at radius 3 is 2.83 bits per heavy atom. The van der Waals surface area contributed by atoms with Gasteiger partial charge in [-0.25, -0.2) is 0 Å². The van der Waals surface area contributed by atoms with Gasteiger partial charge in [-0.15, -0.1) is 11.3 Å². The number of halogens is 1. The van der Waals surface area contributed by atoms with Crippen molar-refractivity contribution in [3.05, 3.63) is 40.3 Å². The van der Waals surface area contributed by atoms with E-state index in [1.807, 2.05) is 29.8 Å². The average Bonchev–Trinajstić information content (AvgIpc) is 2.53. The Labute approximate surface area is 79.7 Å². The molecule has 2 rings (SSSR count). The zero-order valence-corrected chi connectivity index (χ0v) is 7.77. The standard InChI is InChI=1S/C9H6ClNS/c10-9-8(3-5-12-9)7-2-1-4-11-6-7/h1-6H. The maximum atomic E-state index is 5.97. The highest BCUT2D eigenvalue weighted by Crippen LogP contribution is 2.31. The number of aromatic nitrogens is 1. The van der Waals surface area contributed by atoms with Crippen molar-refractivity contribution in [3.63, 3.8) is 0 Å². The highest BCUT2D eigenvalue weighted by molar-refractivity contribution is 7.15. The van der Waals surface area contributed by atoms with Gasteiger partial charge in [0.1, 0.15) is 4.34 Å². The summed E-state index contributed by atoms with van der Waals surface area (Å²) in [6.07, 6.45) is 3.57. The molecular formula is C9H6ClNS. The molecule has 0 aliphatic carbocycles. The van der Waals surface area contributed by atoms with Crippen LogP contribution >= 0.6 is 22.9 Å². The van der Waals surface area contributed by atoms with Gasteiger partial charge in [0, 0.05) is 23.5 Å². The summed E-state index contributed by atoms with van der Waals surface area (Å²) >= 11 is 7.50. The first kappa shape index (κ1) is 7.77. The van der Waals surface area contributed by atoms with E-state index >= 15 is 0 Å². The van der Waals surface area contributed by atoms with Crippen molar-refractivity contribution in [1.82, 2.24) is 4.98 Å². The summed E-state index contributed by atoms with van der Waals surface area (Å²) in [4.78, 5) is 4.03. The lowest BCUT2D eigenvalue weighted by Gasteiger charge is -1.95. The lowest BCUT2D eigenvalue weighted by Crippen LogP contribution is -1.74. The molecule has 0 saturated heterocycles. The highest BCUT2D eigenvalue weighted by Gasteiger charge is 2.02. The van der Waals surface area contributed by atoms with E-state index in [2.05, 4.69) is 4.98 Å². The van der Waals surface area contributed by atoms with Gasteiger partial charge in [-0.3, -0.25) is 4.98 Å². The maximum Gasteiger partial charge on any atom is 0.101 e. The second-order valence-corrected chi connectivity index (χ2v) is 3.87. The molecule has 2 aromatic rings. The van der Waals surface area contributed by atoms with Gasteiger partial charge in [-0.2, -0.15) is 0 Å². The van der Waals surface area contributed by atoms with Gasteiger partial charge in [-0.05, 0) is 17.5 Å². The van der Waals surface area contributed by atoms with Crippen LogP contribution in [0.2, 0.25) is 4.34 Å². The summed E-state index contributed by atoms with van der Waals surface area (Å²) in [6, 6.07) is 5.91. The zero-order chi connectivity index (χ0) is 8.39. The van der Waals surface area contributed by atoms with E-state index in [1.54, 1.807) is 6.20 Å². The molecule has 0 atom stereocenters. The van der Waals surface area contributed by atoms with Crippen molar-refractivity contribution < 1.29 is 0 Å². The van der Waals surface area contributed by atoms with Crippen molar-refractivity contribution in [2.45, 2.75) is 0 Å². The van der Waals surface area contributed by atoms with Crippen molar-refractivity contribution >= 4 is 22.9 Å². The Hall–Kier alpha value is -0.860. The molecule has 0 radical (unpaired) electrons. The molecule has 0 fully saturated rings. The largest absolute Gasteiger partial charge is 0.264 e. The fourth-order valence-corrected chi connectivity index (χ4v) is 1.99. The maximum absolute atomic E-state index is 5.97. The fourth-order valence-electron chi connectivity index (χ4n) is 1.02. The Morgan fingerprint density at radius 1 is 1.33 bits per heavy atom. The van der Waals surface area contributed by atoms with Crippen LogP contribution in [0.25, 0.3) is 11.1 Å². The van der Waals surface area contributed by atoms with Gasteiger partial charge in [0.2, 0.25) is 0 Å². The van der Waals surface area contributed by atoms with Crippen molar-refractivity contribution in [1.29, 1.82) is 0 Å². The first-order valence-electron chi connectivity index (χ1n) is 3.51. The third-order valence-electron chi connectivity index (χ3n) is 1.59. The van der Waals surface area contributed by atoms with Gasteiger partial charge in [0.05, 0.1) is 0 Å². The minimum absolute atomic E-state index is 0.822. The van der Waals surface area contributed by atoms with E-state index in [0.717, 1.165) is 15.5 Å². The Kier molecular flexibility index (Phi) is 2.11. The molecule has 0 aliphatic rings. The molecule has 60 valence electrons. The van der Waals surface area contributed by atoms with Crippen LogP contribution in [0.4, 0.5) is 0 Å². The number of hydrogen-bond donors (Lipinski definition) is 0. The third-order valence-corrected chi connectivity index (χ3v) is 2.76. The quantitative estimate of drug-likeness (QED) is 0.679. The van der Waals surface area contributed by atoms with E-state index in [1.165, 1.54) is 11.3 Å². The topological polar surface area (TPSA) is 12.9 Å². The van der Waals surface area contributed by atoms with E-state index in [9.17, 15) is 0 Å². The van der Waals surface area contributed by atoms with Gasteiger partial charge in [-0.1, -0.05) is 17.7 Å². The minimum Gasteiger partial charge on any atom is -0.264 e. The van der Waals surface area contributed by atoms with E-state index in [0.29, 0.717) is 0 Å². The molecule has 0 N–H and O–H groups in total. The van der Waals surface area contributed by atoms with Crippen LogP contribution in [0.1, 0.15) is 0 Å². The summed E-state index contributed by atoms with van der Waals surface area (Å²) in [5.74, 6) is 0. The van der Waals surface area contributed by atoms with Crippen LogP contribution in [0, 0.1) is 0 Å². The molecule has 2 aromatic heterocycles. The number of pyridine rings is 1. The van der Waals surface area contributed by atoms with Gasteiger partial charge < -0.3 is 0 Å². The molecule has 12 heavy (non-hydrogen) atoms. The first-order valence-corrected chi connectivity index (χ1v) is 4.77. The number of rotatable bonds is 1. The van der Waals surface area contributed by atoms with Gasteiger partial charge >= 0.3 is 0 Å². The van der Waals surface area contributed by atoms with E-state index < -0.39 is 0 Å². The van der Waals surface area contributed by atoms with Crippen molar-refractivity contribution in [2.75, 3.05) is 0 Å². The van der Waals surface area contributed by atoms with Crippen LogP contribution in [0.15, 0.2) is 36.0 Å². The second-order valence-electron chi connectivity index (χ2n) is 2.35. The highest BCUT2D eigenvalue weighted by atomic mass is 35.5. The molecule has 1 nitrogen and oxygen atoms in total. The number of thiophene rings is 1. The van der Waals surface area contributed by atoms with E-state index in [-0.39, 0.29) is 0 Å². The van der Waals surface area contributed by atoms with Crippen LogP contribution < -0.4 is 0 Å². The Bertz CT molecular complexity index is 369. The molecule has 0 aromatic carbocycles. The Balaban J connectivity index is 2.51. The lowest BCUT2D eigenvalue weighted by molar-refractivity contribution is 1.33. The molecular weight excluding hydrogens is 190 g/mol. The van der Waals surface area contributed by atoms with E-state index in [4.69, 9.17) is 11.6 Å². The smallest absolute Gasteiger partial charge is 0.101 e. The molecule has 0 bridgehead atoms. The first-order chi connectivity index (χ1) is 5.88. The molecule has 2 heterocycles. The SMILES string of the molecule is Clc1sccc1-c1cccnc1. The van der Waals surface area contributed by atoms with Gasteiger partial charge in [0.15, 0.2) is 0 Å². The number of nitrogens with zero attached hydrogens (tertiary/aromatic N) is 1. The third kappa shape index (κ3) is 1.36. The number of hydrogen-bond acceptors (Lipinski definition) is 2. The summed E-state index contributed by atoms with van der Waals surface area (Å²) < 4.78 is 0.822. The summed E-state index contributed by atoms with van der Waals surface area (Å²) in [7, 11) is 0. The predicted octanol–water partition coefficient (Wildman–Crippen LogP) is 3.46. The molecule has 0 unspecified atom stereocenters. The zero-order valence-electron chi connectivity index (χ0n) is 6.20. The van der Waals surface area contributed by atoms with Crippen molar-refractivity contribution in [2.24, 2.45) is 0 Å². The molecule has 0 amide bonds.